The van der Waals surface area contributed by atoms with Crippen molar-refractivity contribution in [2.75, 3.05) is 13.6 Å². The number of carbonyl (C=O) groups is 1. The highest BCUT2D eigenvalue weighted by molar-refractivity contribution is 7.89. The molecule has 0 heterocycles. The Morgan fingerprint density at radius 3 is 2.28 bits per heavy atom. The molecule has 140 valence electrons. The molecule has 0 saturated heterocycles. The van der Waals surface area contributed by atoms with Crippen molar-refractivity contribution in [3.63, 3.8) is 0 Å². The Morgan fingerprint density at radius 2 is 1.76 bits per heavy atom. The Balaban J connectivity index is 2.16. The highest BCUT2D eigenvalue weighted by Crippen LogP contribution is 2.26. The smallest absolute Gasteiger partial charge is 0.243 e. The second kappa shape index (κ2) is 7.87. The van der Waals surface area contributed by atoms with Gasteiger partial charge in [-0.2, -0.15) is 4.31 Å². The van der Waals surface area contributed by atoms with Crippen LogP contribution in [-0.4, -0.2) is 49.2 Å². The zero-order chi connectivity index (χ0) is 18.8. The van der Waals surface area contributed by atoms with Gasteiger partial charge in [0, 0.05) is 19.1 Å². The largest absolute Gasteiger partial charge is 0.336 e. The lowest BCUT2D eigenvalue weighted by atomic mass is 10.1. The van der Waals surface area contributed by atoms with E-state index in [1.807, 2.05) is 32.6 Å². The molecule has 1 aromatic rings. The van der Waals surface area contributed by atoms with Gasteiger partial charge in [-0.05, 0) is 63.8 Å². The van der Waals surface area contributed by atoms with E-state index in [2.05, 4.69) is 0 Å². The van der Waals surface area contributed by atoms with Gasteiger partial charge in [0.25, 0.3) is 0 Å². The molecule has 2 rings (SSSR count). The molecule has 1 amide bonds. The Labute approximate surface area is 152 Å². The lowest BCUT2D eigenvalue weighted by Crippen LogP contribution is -2.48. The van der Waals surface area contributed by atoms with Gasteiger partial charge in [-0.3, -0.25) is 4.79 Å². The van der Waals surface area contributed by atoms with Crippen LogP contribution in [0, 0.1) is 13.8 Å². The zero-order valence-corrected chi connectivity index (χ0v) is 16.8. The fraction of sp³-hybridized carbons (Fsp3) is 0.632. The standard InChI is InChI=1S/C19H30N2O3S/c1-14(2)21(17-8-6-7-9-17)19(22)13-20(5)25(23,24)18-11-10-15(3)16(4)12-18/h10-12,14,17H,6-9,13H2,1-5H3. The third-order valence-corrected chi connectivity index (χ3v) is 6.91. The van der Waals surface area contributed by atoms with Gasteiger partial charge >= 0.3 is 0 Å². The van der Waals surface area contributed by atoms with Crippen molar-refractivity contribution in [1.29, 1.82) is 0 Å². The molecule has 5 nitrogen and oxygen atoms in total. The van der Waals surface area contributed by atoms with E-state index in [1.54, 1.807) is 18.2 Å². The first-order chi connectivity index (χ1) is 11.6. The van der Waals surface area contributed by atoms with E-state index < -0.39 is 10.0 Å². The van der Waals surface area contributed by atoms with Gasteiger partial charge in [-0.15, -0.1) is 0 Å². The summed E-state index contributed by atoms with van der Waals surface area (Å²) in [6.45, 7) is 7.70. The van der Waals surface area contributed by atoms with Crippen LogP contribution in [0.15, 0.2) is 23.1 Å². The average molecular weight is 367 g/mol. The summed E-state index contributed by atoms with van der Waals surface area (Å²) >= 11 is 0. The summed E-state index contributed by atoms with van der Waals surface area (Å²) in [7, 11) is -2.19. The summed E-state index contributed by atoms with van der Waals surface area (Å²) in [5.74, 6) is -0.114. The van der Waals surface area contributed by atoms with Crippen LogP contribution < -0.4 is 0 Å². The van der Waals surface area contributed by atoms with Gasteiger partial charge in [0.15, 0.2) is 0 Å². The number of likely N-dealkylation sites (N-methyl/N-ethyl adjacent to an activating group) is 1. The van der Waals surface area contributed by atoms with Crippen molar-refractivity contribution < 1.29 is 13.2 Å². The van der Waals surface area contributed by atoms with Crippen molar-refractivity contribution in [2.45, 2.75) is 70.4 Å². The van der Waals surface area contributed by atoms with Crippen LogP contribution in [0.2, 0.25) is 0 Å². The number of hydrogen-bond acceptors (Lipinski definition) is 3. The van der Waals surface area contributed by atoms with Crippen LogP contribution in [0.1, 0.15) is 50.7 Å². The SMILES string of the molecule is Cc1ccc(S(=O)(=O)N(C)CC(=O)N(C(C)C)C2CCCC2)cc1C. The predicted molar refractivity (Wildman–Crippen MR) is 100.0 cm³/mol. The molecule has 0 aromatic heterocycles. The van der Waals surface area contributed by atoms with E-state index in [0.717, 1.165) is 36.8 Å². The number of hydrogen-bond donors (Lipinski definition) is 0. The number of sulfonamides is 1. The molecule has 0 aliphatic heterocycles. The highest BCUT2D eigenvalue weighted by atomic mass is 32.2. The third-order valence-electron chi connectivity index (χ3n) is 5.11. The number of aryl methyl sites for hydroxylation is 2. The van der Waals surface area contributed by atoms with E-state index in [9.17, 15) is 13.2 Å². The molecule has 25 heavy (non-hydrogen) atoms. The molecule has 0 N–H and O–H groups in total. The lowest BCUT2D eigenvalue weighted by Gasteiger charge is -2.34. The van der Waals surface area contributed by atoms with Crippen molar-refractivity contribution in [1.82, 2.24) is 9.21 Å². The molecule has 0 spiro atoms. The predicted octanol–water partition coefficient (Wildman–Crippen LogP) is 3.10. The maximum atomic E-state index is 12.8. The first-order valence-electron chi connectivity index (χ1n) is 8.99. The second-order valence-electron chi connectivity index (χ2n) is 7.34. The topological polar surface area (TPSA) is 57.7 Å². The molecule has 1 aliphatic carbocycles. The van der Waals surface area contributed by atoms with Crippen LogP contribution in [0.3, 0.4) is 0 Å². The minimum absolute atomic E-state index is 0.0772. The number of amides is 1. The van der Waals surface area contributed by atoms with Gasteiger partial charge in [-0.1, -0.05) is 18.9 Å². The highest BCUT2D eigenvalue weighted by Gasteiger charge is 2.31. The summed E-state index contributed by atoms with van der Waals surface area (Å²) in [6.07, 6.45) is 4.30. The first-order valence-corrected chi connectivity index (χ1v) is 10.4. The summed E-state index contributed by atoms with van der Waals surface area (Å²) in [6, 6.07) is 5.40. The molecule has 1 saturated carbocycles. The van der Waals surface area contributed by atoms with Crippen LogP contribution in [-0.2, 0) is 14.8 Å². The zero-order valence-electron chi connectivity index (χ0n) is 15.9. The van der Waals surface area contributed by atoms with E-state index in [4.69, 9.17) is 0 Å². The summed E-state index contributed by atoms with van der Waals surface area (Å²) < 4.78 is 26.8. The normalized spacial score (nSPS) is 16.0. The number of rotatable bonds is 6. The molecule has 0 bridgehead atoms. The Bertz CT molecular complexity index is 722. The molecule has 0 atom stereocenters. The molecular formula is C19H30N2O3S. The van der Waals surface area contributed by atoms with E-state index >= 15 is 0 Å². The Kier molecular flexibility index (Phi) is 6.27. The van der Waals surface area contributed by atoms with Gasteiger partial charge in [-0.25, -0.2) is 8.42 Å². The fourth-order valence-corrected chi connectivity index (χ4v) is 4.71. The van der Waals surface area contributed by atoms with E-state index in [0.29, 0.717) is 0 Å². The third kappa shape index (κ3) is 4.42. The van der Waals surface area contributed by atoms with Crippen LogP contribution in [0.4, 0.5) is 0 Å². The first kappa shape index (κ1) is 19.9. The van der Waals surface area contributed by atoms with Crippen LogP contribution in [0.25, 0.3) is 0 Å². The Morgan fingerprint density at radius 1 is 1.16 bits per heavy atom. The van der Waals surface area contributed by atoms with Gasteiger partial charge in [0.2, 0.25) is 15.9 Å². The molecule has 1 aliphatic rings. The van der Waals surface area contributed by atoms with E-state index in [-0.39, 0.29) is 29.4 Å². The van der Waals surface area contributed by atoms with E-state index in [1.165, 1.54) is 11.4 Å². The summed E-state index contributed by atoms with van der Waals surface area (Å²) in [4.78, 5) is 14.9. The monoisotopic (exact) mass is 366 g/mol. The average Bonchev–Trinajstić information content (AvgIpc) is 3.03. The quantitative estimate of drug-likeness (QED) is 0.777. The van der Waals surface area contributed by atoms with Crippen molar-refractivity contribution in [3.05, 3.63) is 29.3 Å². The number of nitrogens with zero attached hydrogens (tertiary/aromatic N) is 2. The Hall–Kier alpha value is -1.40. The number of benzene rings is 1. The molecule has 0 radical (unpaired) electrons. The molecular weight excluding hydrogens is 336 g/mol. The second-order valence-corrected chi connectivity index (χ2v) is 9.39. The maximum absolute atomic E-state index is 12.8. The molecule has 6 heteroatoms. The maximum Gasteiger partial charge on any atom is 0.243 e. The van der Waals surface area contributed by atoms with Gasteiger partial charge in [0.1, 0.15) is 0 Å². The van der Waals surface area contributed by atoms with Crippen molar-refractivity contribution in [3.8, 4) is 0 Å². The molecule has 1 aromatic carbocycles. The fourth-order valence-electron chi connectivity index (χ4n) is 3.51. The summed E-state index contributed by atoms with van der Waals surface area (Å²) in [5, 5.41) is 0. The van der Waals surface area contributed by atoms with Crippen molar-refractivity contribution in [2.24, 2.45) is 0 Å². The molecule has 1 fully saturated rings. The lowest BCUT2D eigenvalue weighted by molar-refractivity contribution is -0.135. The van der Waals surface area contributed by atoms with Gasteiger partial charge < -0.3 is 4.90 Å². The van der Waals surface area contributed by atoms with Gasteiger partial charge in [0.05, 0.1) is 11.4 Å². The molecule has 0 unspecified atom stereocenters. The van der Waals surface area contributed by atoms with Crippen LogP contribution >= 0.6 is 0 Å². The minimum atomic E-state index is -3.67. The minimum Gasteiger partial charge on any atom is -0.336 e. The summed E-state index contributed by atoms with van der Waals surface area (Å²) in [5.41, 5.74) is 1.97. The number of carbonyl (C=O) groups excluding carboxylic acids is 1. The van der Waals surface area contributed by atoms with Crippen LogP contribution in [0.5, 0.6) is 0 Å². The van der Waals surface area contributed by atoms with Crippen molar-refractivity contribution >= 4 is 15.9 Å².